The monoisotopic (exact) mass is 244 g/mol. The van der Waals surface area contributed by atoms with Crippen LogP contribution in [0.15, 0.2) is 0 Å². The lowest BCUT2D eigenvalue weighted by Gasteiger charge is -2.18. The van der Waals surface area contributed by atoms with Crippen molar-refractivity contribution in [1.29, 1.82) is 0 Å². The zero-order valence-corrected chi connectivity index (χ0v) is 10.9. The van der Waals surface area contributed by atoms with Crippen LogP contribution in [-0.4, -0.2) is 48.1 Å². The molecule has 0 radical (unpaired) electrons. The Hall–Kier alpha value is -1.10. The summed E-state index contributed by atoms with van der Waals surface area (Å²) >= 11 is 0. The minimum Gasteiger partial charge on any atom is -0.481 e. The van der Waals surface area contributed by atoms with Gasteiger partial charge in [-0.3, -0.25) is 9.59 Å². The second-order valence-electron chi connectivity index (χ2n) is 3.92. The Balaban J connectivity index is 3.39. The fraction of sp³-hybridized carbons (Fsp3) is 0.833. The SMILES string of the molecule is CCN(CC)C(=O)CCNCCCCC(=O)O. The molecule has 0 saturated heterocycles. The molecular formula is C12H24N2O3. The Morgan fingerprint density at radius 1 is 1.06 bits per heavy atom. The third-order valence-electron chi connectivity index (χ3n) is 2.63. The molecule has 0 aromatic heterocycles. The number of carboxylic acid groups (broad SMARTS) is 1. The highest BCUT2D eigenvalue weighted by atomic mass is 16.4. The molecule has 0 aromatic carbocycles. The number of amides is 1. The number of carbonyl (C=O) groups excluding carboxylic acids is 1. The van der Waals surface area contributed by atoms with Gasteiger partial charge in [0.2, 0.25) is 5.91 Å². The number of nitrogens with zero attached hydrogens (tertiary/aromatic N) is 1. The van der Waals surface area contributed by atoms with Crippen molar-refractivity contribution >= 4 is 11.9 Å². The van der Waals surface area contributed by atoms with Gasteiger partial charge in [0.15, 0.2) is 0 Å². The largest absolute Gasteiger partial charge is 0.481 e. The van der Waals surface area contributed by atoms with E-state index in [1.54, 1.807) is 0 Å². The number of carbonyl (C=O) groups is 2. The van der Waals surface area contributed by atoms with Crippen molar-refractivity contribution in [2.45, 2.75) is 39.5 Å². The smallest absolute Gasteiger partial charge is 0.303 e. The predicted octanol–water partition coefficient (Wildman–Crippen LogP) is 1.09. The van der Waals surface area contributed by atoms with Crippen LogP contribution in [0.4, 0.5) is 0 Å². The standard InChI is InChI=1S/C12H24N2O3/c1-3-14(4-2)11(15)8-10-13-9-6-5-7-12(16)17/h13H,3-10H2,1-2H3,(H,16,17). The highest BCUT2D eigenvalue weighted by Gasteiger charge is 2.07. The molecular weight excluding hydrogens is 220 g/mol. The van der Waals surface area contributed by atoms with Crippen molar-refractivity contribution in [3.63, 3.8) is 0 Å². The lowest BCUT2D eigenvalue weighted by Crippen LogP contribution is -2.33. The highest BCUT2D eigenvalue weighted by Crippen LogP contribution is 1.95. The van der Waals surface area contributed by atoms with Gasteiger partial charge in [0.1, 0.15) is 0 Å². The van der Waals surface area contributed by atoms with Crippen LogP contribution in [-0.2, 0) is 9.59 Å². The molecule has 0 aliphatic heterocycles. The Bertz CT molecular complexity index is 228. The summed E-state index contributed by atoms with van der Waals surface area (Å²) in [5.41, 5.74) is 0. The molecule has 0 spiro atoms. The van der Waals surface area contributed by atoms with Crippen LogP contribution < -0.4 is 5.32 Å². The Morgan fingerprint density at radius 3 is 2.24 bits per heavy atom. The van der Waals surface area contributed by atoms with E-state index >= 15 is 0 Å². The van der Waals surface area contributed by atoms with Crippen LogP contribution in [0.25, 0.3) is 0 Å². The number of aliphatic carboxylic acids is 1. The molecule has 0 aromatic rings. The molecule has 2 N–H and O–H groups in total. The Morgan fingerprint density at radius 2 is 1.71 bits per heavy atom. The molecule has 0 aliphatic carbocycles. The number of rotatable bonds is 10. The fourth-order valence-electron chi connectivity index (χ4n) is 1.58. The van der Waals surface area contributed by atoms with Crippen LogP contribution >= 0.6 is 0 Å². The summed E-state index contributed by atoms with van der Waals surface area (Å²) < 4.78 is 0. The summed E-state index contributed by atoms with van der Waals surface area (Å²) in [7, 11) is 0. The van der Waals surface area contributed by atoms with Gasteiger partial charge in [0.25, 0.3) is 0 Å². The summed E-state index contributed by atoms with van der Waals surface area (Å²) in [5, 5.41) is 11.6. The molecule has 0 rings (SSSR count). The van der Waals surface area contributed by atoms with Gasteiger partial charge in [-0.1, -0.05) is 0 Å². The topological polar surface area (TPSA) is 69.6 Å². The fourth-order valence-corrected chi connectivity index (χ4v) is 1.58. The van der Waals surface area contributed by atoms with E-state index in [0.29, 0.717) is 19.4 Å². The molecule has 1 amide bonds. The van der Waals surface area contributed by atoms with E-state index in [-0.39, 0.29) is 12.3 Å². The summed E-state index contributed by atoms with van der Waals surface area (Å²) in [4.78, 5) is 23.7. The van der Waals surface area contributed by atoms with Crippen LogP contribution in [0.1, 0.15) is 39.5 Å². The van der Waals surface area contributed by atoms with E-state index in [2.05, 4.69) is 5.32 Å². The molecule has 0 unspecified atom stereocenters. The predicted molar refractivity (Wildman–Crippen MR) is 66.9 cm³/mol. The van der Waals surface area contributed by atoms with E-state index in [0.717, 1.165) is 26.1 Å². The zero-order valence-electron chi connectivity index (χ0n) is 10.9. The zero-order chi connectivity index (χ0) is 13.1. The van der Waals surface area contributed by atoms with Crippen molar-refractivity contribution in [3.05, 3.63) is 0 Å². The average molecular weight is 244 g/mol. The van der Waals surface area contributed by atoms with Crippen molar-refractivity contribution in [1.82, 2.24) is 10.2 Å². The average Bonchev–Trinajstić information content (AvgIpc) is 2.29. The van der Waals surface area contributed by atoms with Crippen molar-refractivity contribution in [3.8, 4) is 0 Å². The molecule has 0 bridgehead atoms. The summed E-state index contributed by atoms with van der Waals surface area (Å²) in [5.74, 6) is -0.574. The van der Waals surface area contributed by atoms with Crippen molar-refractivity contribution < 1.29 is 14.7 Å². The van der Waals surface area contributed by atoms with Gasteiger partial charge in [-0.15, -0.1) is 0 Å². The van der Waals surface area contributed by atoms with Crippen LogP contribution in [0, 0.1) is 0 Å². The maximum atomic E-state index is 11.6. The molecule has 17 heavy (non-hydrogen) atoms. The van der Waals surface area contributed by atoms with Crippen LogP contribution in [0.2, 0.25) is 0 Å². The lowest BCUT2D eigenvalue weighted by molar-refractivity contribution is -0.137. The van der Waals surface area contributed by atoms with E-state index in [1.165, 1.54) is 0 Å². The Labute approximate surface area is 103 Å². The first-order chi connectivity index (χ1) is 8.11. The molecule has 5 heteroatoms. The number of hydrogen-bond acceptors (Lipinski definition) is 3. The maximum absolute atomic E-state index is 11.6. The number of carboxylic acids is 1. The van der Waals surface area contributed by atoms with E-state index in [4.69, 9.17) is 5.11 Å². The molecule has 5 nitrogen and oxygen atoms in total. The highest BCUT2D eigenvalue weighted by molar-refractivity contribution is 5.76. The van der Waals surface area contributed by atoms with Gasteiger partial charge in [-0.25, -0.2) is 0 Å². The van der Waals surface area contributed by atoms with Crippen molar-refractivity contribution in [2.75, 3.05) is 26.2 Å². The summed E-state index contributed by atoms with van der Waals surface area (Å²) in [6.45, 7) is 6.91. The minimum atomic E-state index is -0.748. The molecule has 0 saturated carbocycles. The van der Waals surface area contributed by atoms with Gasteiger partial charge in [0.05, 0.1) is 0 Å². The molecule has 0 aliphatic rings. The number of hydrogen-bond donors (Lipinski definition) is 2. The quantitative estimate of drug-likeness (QED) is 0.564. The first-order valence-corrected chi connectivity index (χ1v) is 6.32. The van der Waals surface area contributed by atoms with Gasteiger partial charge >= 0.3 is 5.97 Å². The minimum absolute atomic E-state index is 0.174. The van der Waals surface area contributed by atoms with E-state index in [1.807, 2.05) is 18.7 Å². The van der Waals surface area contributed by atoms with Gasteiger partial charge in [0, 0.05) is 32.5 Å². The third-order valence-corrected chi connectivity index (χ3v) is 2.63. The second-order valence-corrected chi connectivity index (χ2v) is 3.92. The number of nitrogens with one attached hydrogen (secondary N) is 1. The summed E-state index contributed by atoms with van der Waals surface area (Å²) in [6, 6.07) is 0. The second kappa shape index (κ2) is 10.1. The van der Waals surface area contributed by atoms with Crippen LogP contribution in [0.3, 0.4) is 0 Å². The maximum Gasteiger partial charge on any atom is 0.303 e. The van der Waals surface area contributed by atoms with Gasteiger partial charge < -0.3 is 15.3 Å². The molecule has 0 heterocycles. The first kappa shape index (κ1) is 15.9. The molecule has 100 valence electrons. The summed E-state index contributed by atoms with van der Waals surface area (Å²) in [6.07, 6.45) is 2.26. The van der Waals surface area contributed by atoms with Crippen LogP contribution in [0.5, 0.6) is 0 Å². The van der Waals surface area contributed by atoms with E-state index < -0.39 is 5.97 Å². The lowest BCUT2D eigenvalue weighted by atomic mass is 10.2. The molecule has 0 atom stereocenters. The first-order valence-electron chi connectivity index (χ1n) is 6.32. The molecule has 0 fully saturated rings. The Kier molecular flexibility index (Phi) is 9.43. The van der Waals surface area contributed by atoms with Gasteiger partial charge in [-0.05, 0) is 33.2 Å². The van der Waals surface area contributed by atoms with E-state index in [9.17, 15) is 9.59 Å². The van der Waals surface area contributed by atoms with Crippen molar-refractivity contribution in [2.24, 2.45) is 0 Å². The normalized spacial score (nSPS) is 10.2. The number of unbranched alkanes of at least 4 members (excludes halogenated alkanes) is 1. The van der Waals surface area contributed by atoms with Gasteiger partial charge in [-0.2, -0.15) is 0 Å². The third kappa shape index (κ3) is 8.68.